The first kappa shape index (κ1) is 12.5. The van der Waals surface area contributed by atoms with E-state index in [1.807, 2.05) is 29.2 Å². The Morgan fingerprint density at radius 1 is 1.17 bits per heavy atom. The summed E-state index contributed by atoms with van der Waals surface area (Å²) in [5, 5.41) is 15.9. The van der Waals surface area contributed by atoms with Gasteiger partial charge < -0.3 is 5.32 Å². The molecule has 0 radical (unpaired) electrons. The van der Waals surface area contributed by atoms with E-state index in [9.17, 15) is 0 Å². The SMILES string of the molecule is CCCNc1ccc(-c2cnn(CCC)c2)nn1. The average molecular weight is 245 g/mol. The topological polar surface area (TPSA) is 55.6 Å². The van der Waals surface area contributed by atoms with Crippen molar-refractivity contribution in [2.75, 3.05) is 11.9 Å². The summed E-state index contributed by atoms with van der Waals surface area (Å²) in [7, 11) is 0. The second-order valence-corrected chi connectivity index (χ2v) is 4.22. The van der Waals surface area contributed by atoms with Gasteiger partial charge in [-0.05, 0) is 25.0 Å². The minimum atomic E-state index is 0.821. The summed E-state index contributed by atoms with van der Waals surface area (Å²) in [6.07, 6.45) is 5.99. The maximum Gasteiger partial charge on any atom is 0.148 e. The maximum atomic E-state index is 4.29. The Labute approximate surface area is 107 Å². The Morgan fingerprint density at radius 3 is 2.72 bits per heavy atom. The zero-order chi connectivity index (χ0) is 12.8. The summed E-state index contributed by atoms with van der Waals surface area (Å²) in [5.41, 5.74) is 1.87. The fourth-order valence-electron chi connectivity index (χ4n) is 1.68. The summed E-state index contributed by atoms with van der Waals surface area (Å²) >= 11 is 0. The number of aryl methyl sites for hydroxylation is 1. The average Bonchev–Trinajstić information content (AvgIpc) is 2.86. The lowest BCUT2D eigenvalue weighted by Crippen LogP contribution is -2.02. The third-order valence-corrected chi connectivity index (χ3v) is 2.60. The summed E-state index contributed by atoms with van der Waals surface area (Å²) in [6, 6.07) is 3.92. The Hall–Kier alpha value is -1.91. The molecule has 2 rings (SSSR count). The molecule has 0 spiro atoms. The van der Waals surface area contributed by atoms with Crippen LogP contribution in [0.5, 0.6) is 0 Å². The predicted molar refractivity (Wildman–Crippen MR) is 72.3 cm³/mol. The van der Waals surface area contributed by atoms with Crippen molar-refractivity contribution in [1.29, 1.82) is 0 Å². The number of nitrogens with zero attached hydrogens (tertiary/aromatic N) is 4. The molecule has 1 N–H and O–H groups in total. The Kier molecular flexibility index (Phi) is 4.28. The molecule has 0 fully saturated rings. The van der Waals surface area contributed by atoms with Crippen LogP contribution < -0.4 is 5.32 Å². The molecule has 18 heavy (non-hydrogen) atoms. The van der Waals surface area contributed by atoms with E-state index in [1.54, 1.807) is 0 Å². The summed E-state index contributed by atoms with van der Waals surface area (Å²) in [4.78, 5) is 0. The lowest BCUT2D eigenvalue weighted by molar-refractivity contribution is 0.603. The molecule has 0 aliphatic carbocycles. The second-order valence-electron chi connectivity index (χ2n) is 4.22. The molecule has 0 amide bonds. The van der Waals surface area contributed by atoms with Crippen molar-refractivity contribution in [2.45, 2.75) is 33.2 Å². The molecule has 0 atom stereocenters. The number of nitrogens with one attached hydrogen (secondary N) is 1. The Morgan fingerprint density at radius 2 is 2.06 bits per heavy atom. The number of rotatable bonds is 6. The van der Waals surface area contributed by atoms with Gasteiger partial charge in [0.1, 0.15) is 5.82 Å². The monoisotopic (exact) mass is 245 g/mol. The van der Waals surface area contributed by atoms with Crippen LogP contribution >= 0.6 is 0 Å². The first-order valence-corrected chi connectivity index (χ1v) is 6.44. The largest absolute Gasteiger partial charge is 0.369 e. The normalized spacial score (nSPS) is 10.6. The van der Waals surface area contributed by atoms with Crippen molar-refractivity contribution in [1.82, 2.24) is 20.0 Å². The molecule has 0 saturated heterocycles. The molecule has 0 aromatic carbocycles. The van der Waals surface area contributed by atoms with Crippen LogP contribution in [0.1, 0.15) is 26.7 Å². The molecule has 2 aromatic rings. The third-order valence-electron chi connectivity index (χ3n) is 2.60. The molecule has 5 nitrogen and oxygen atoms in total. The van der Waals surface area contributed by atoms with Crippen molar-refractivity contribution in [2.24, 2.45) is 0 Å². The van der Waals surface area contributed by atoms with E-state index >= 15 is 0 Å². The van der Waals surface area contributed by atoms with Gasteiger partial charge in [0.05, 0.1) is 11.9 Å². The van der Waals surface area contributed by atoms with E-state index in [-0.39, 0.29) is 0 Å². The highest BCUT2D eigenvalue weighted by Gasteiger charge is 2.03. The fourth-order valence-corrected chi connectivity index (χ4v) is 1.68. The van der Waals surface area contributed by atoms with Gasteiger partial charge in [-0.2, -0.15) is 5.10 Å². The van der Waals surface area contributed by atoms with Gasteiger partial charge in [-0.15, -0.1) is 10.2 Å². The quantitative estimate of drug-likeness (QED) is 0.849. The maximum absolute atomic E-state index is 4.29. The van der Waals surface area contributed by atoms with Crippen LogP contribution in [0.3, 0.4) is 0 Å². The van der Waals surface area contributed by atoms with Gasteiger partial charge in [-0.25, -0.2) is 0 Å². The number of hydrogen-bond donors (Lipinski definition) is 1. The minimum Gasteiger partial charge on any atom is -0.369 e. The zero-order valence-corrected chi connectivity index (χ0v) is 10.9. The van der Waals surface area contributed by atoms with E-state index in [4.69, 9.17) is 0 Å². The minimum absolute atomic E-state index is 0.821. The van der Waals surface area contributed by atoms with Crippen LogP contribution in [0.4, 0.5) is 5.82 Å². The zero-order valence-electron chi connectivity index (χ0n) is 10.9. The van der Waals surface area contributed by atoms with Gasteiger partial charge in [0, 0.05) is 24.8 Å². The predicted octanol–water partition coefficient (Wildman–Crippen LogP) is 2.57. The van der Waals surface area contributed by atoms with Crippen LogP contribution in [0.15, 0.2) is 24.5 Å². The fraction of sp³-hybridized carbons (Fsp3) is 0.462. The highest BCUT2D eigenvalue weighted by molar-refractivity contribution is 5.57. The van der Waals surface area contributed by atoms with Crippen molar-refractivity contribution in [3.05, 3.63) is 24.5 Å². The molecule has 5 heteroatoms. The first-order chi connectivity index (χ1) is 8.83. The lowest BCUT2D eigenvalue weighted by atomic mass is 10.2. The van der Waals surface area contributed by atoms with Crippen molar-refractivity contribution >= 4 is 5.82 Å². The van der Waals surface area contributed by atoms with E-state index in [1.165, 1.54) is 0 Å². The van der Waals surface area contributed by atoms with Gasteiger partial charge in [0.15, 0.2) is 0 Å². The van der Waals surface area contributed by atoms with Crippen molar-refractivity contribution < 1.29 is 0 Å². The van der Waals surface area contributed by atoms with Crippen LogP contribution in [0.2, 0.25) is 0 Å². The molecule has 0 saturated carbocycles. The van der Waals surface area contributed by atoms with Gasteiger partial charge in [-0.3, -0.25) is 4.68 Å². The van der Waals surface area contributed by atoms with Gasteiger partial charge in [0.2, 0.25) is 0 Å². The van der Waals surface area contributed by atoms with Gasteiger partial charge in [-0.1, -0.05) is 13.8 Å². The second kappa shape index (κ2) is 6.14. The highest BCUT2D eigenvalue weighted by Crippen LogP contribution is 2.16. The molecule has 2 aromatic heterocycles. The number of anilines is 1. The van der Waals surface area contributed by atoms with Crippen LogP contribution in [0.25, 0.3) is 11.3 Å². The van der Waals surface area contributed by atoms with E-state index in [0.717, 1.165) is 43.0 Å². The van der Waals surface area contributed by atoms with Crippen molar-refractivity contribution in [3.63, 3.8) is 0 Å². The Balaban J connectivity index is 2.07. The van der Waals surface area contributed by atoms with E-state index < -0.39 is 0 Å². The molecule has 0 unspecified atom stereocenters. The Bertz CT molecular complexity index is 474. The third kappa shape index (κ3) is 3.06. The number of aromatic nitrogens is 4. The molecule has 96 valence electrons. The molecule has 0 aliphatic heterocycles. The standard InChI is InChI=1S/C13H19N5/c1-3-7-14-13-6-5-12(16-17-13)11-9-15-18(10-11)8-4-2/h5-6,9-10H,3-4,7-8H2,1-2H3,(H,14,17). The smallest absolute Gasteiger partial charge is 0.148 e. The molecule has 0 aliphatic rings. The van der Waals surface area contributed by atoms with Crippen LogP contribution in [-0.2, 0) is 6.54 Å². The molecule has 0 bridgehead atoms. The van der Waals surface area contributed by atoms with Gasteiger partial charge >= 0.3 is 0 Å². The highest BCUT2D eigenvalue weighted by atomic mass is 15.3. The van der Waals surface area contributed by atoms with Crippen molar-refractivity contribution in [3.8, 4) is 11.3 Å². The van der Waals surface area contributed by atoms with E-state index in [0.29, 0.717) is 0 Å². The molecular weight excluding hydrogens is 226 g/mol. The van der Waals surface area contributed by atoms with Crippen LogP contribution in [0, 0.1) is 0 Å². The summed E-state index contributed by atoms with van der Waals surface area (Å²) < 4.78 is 1.93. The molecule has 2 heterocycles. The first-order valence-electron chi connectivity index (χ1n) is 6.44. The summed E-state index contributed by atoms with van der Waals surface area (Å²) in [5.74, 6) is 0.821. The lowest BCUT2D eigenvalue weighted by Gasteiger charge is -2.02. The number of hydrogen-bond acceptors (Lipinski definition) is 4. The summed E-state index contributed by atoms with van der Waals surface area (Å²) in [6.45, 7) is 6.11. The molecular formula is C13H19N5. The van der Waals surface area contributed by atoms with E-state index in [2.05, 4.69) is 34.5 Å². The van der Waals surface area contributed by atoms with Gasteiger partial charge in [0.25, 0.3) is 0 Å². The van der Waals surface area contributed by atoms with Crippen LogP contribution in [-0.4, -0.2) is 26.5 Å².